The van der Waals surface area contributed by atoms with Crippen molar-refractivity contribution in [2.75, 3.05) is 11.9 Å². The van der Waals surface area contributed by atoms with Crippen LogP contribution >= 0.6 is 15.9 Å². The molecule has 5 heteroatoms. The first-order valence-electron chi connectivity index (χ1n) is 6.09. The molecule has 0 amide bonds. The van der Waals surface area contributed by atoms with Gasteiger partial charge in [0.1, 0.15) is 5.82 Å². The molecule has 2 aromatic rings. The van der Waals surface area contributed by atoms with Crippen LogP contribution in [0.1, 0.15) is 13.3 Å². The van der Waals surface area contributed by atoms with E-state index in [-0.39, 0.29) is 11.9 Å². The summed E-state index contributed by atoms with van der Waals surface area (Å²) in [6.07, 6.45) is 2.34. The number of fused-ring (bicyclic) bond motifs is 1. The maximum atomic E-state index is 7.40. The van der Waals surface area contributed by atoms with Gasteiger partial charge in [-0.15, -0.1) is 0 Å². The molecule has 100 valence electrons. The minimum absolute atomic E-state index is 0.134. The Hall–Kier alpha value is -1.62. The summed E-state index contributed by atoms with van der Waals surface area (Å²) in [5.74, 6) is 1.10. The molecule has 0 aliphatic heterocycles. The molecule has 3 N–H and O–H groups in total. The van der Waals surface area contributed by atoms with E-state index in [4.69, 9.17) is 11.1 Å². The van der Waals surface area contributed by atoms with Crippen molar-refractivity contribution in [3.63, 3.8) is 0 Å². The molecule has 1 atom stereocenters. The molecule has 19 heavy (non-hydrogen) atoms. The van der Waals surface area contributed by atoms with Crippen molar-refractivity contribution in [2.45, 2.75) is 19.4 Å². The van der Waals surface area contributed by atoms with Gasteiger partial charge in [0.2, 0.25) is 0 Å². The second-order valence-electron chi connectivity index (χ2n) is 4.66. The standard InChI is InChI=1S/C14H17BrN4/c1-9(8-13(16)17)19(2)14-11-4-3-5-12(15)10(11)6-7-18-14/h3-7,9H,8H2,1-2H3,(H3,16,17). The van der Waals surface area contributed by atoms with E-state index in [0.717, 1.165) is 21.1 Å². The number of pyridine rings is 1. The average Bonchev–Trinajstić information content (AvgIpc) is 2.37. The summed E-state index contributed by atoms with van der Waals surface area (Å²) >= 11 is 3.56. The first kappa shape index (κ1) is 13.8. The summed E-state index contributed by atoms with van der Waals surface area (Å²) in [5.41, 5.74) is 5.47. The molecular weight excluding hydrogens is 304 g/mol. The van der Waals surface area contributed by atoms with Crippen molar-refractivity contribution in [3.05, 3.63) is 34.9 Å². The number of halogens is 1. The van der Waals surface area contributed by atoms with Crippen molar-refractivity contribution in [2.24, 2.45) is 5.73 Å². The molecular formula is C14H17BrN4. The molecule has 1 aromatic heterocycles. The Kier molecular flexibility index (Phi) is 4.04. The fourth-order valence-electron chi connectivity index (χ4n) is 2.10. The Labute approximate surface area is 121 Å². The average molecular weight is 321 g/mol. The zero-order chi connectivity index (χ0) is 14.0. The second-order valence-corrected chi connectivity index (χ2v) is 5.51. The van der Waals surface area contributed by atoms with Crippen LogP contribution < -0.4 is 10.6 Å². The molecule has 0 bridgehead atoms. The van der Waals surface area contributed by atoms with Gasteiger partial charge in [-0.2, -0.15) is 0 Å². The van der Waals surface area contributed by atoms with Gasteiger partial charge in [-0.3, -0.25) is 5.41 Å². The Morgan fingerprint density at radius 2 is 2.16 bits per heavy atom. The van der Waals surface area contributed by atoms with E-state index in [1.807, 2.05) is 32.2 Å². The highest BCUT2D eigenvalue weighted by molar-refractivity contribution is 9.10. The molecule has 0 aliphatic carbocycles. The molecule has 4 nitrogen and oxygen atoms in total. The number of nitrogens with two attached hydrogens (primary N) is 1. The summed E-state index contributed by atoms with van der Waals surface area (Å²) in [4.78, 5) is 6.54. The third-order valence-corrected chi connectivity index (χ3v) is 3.93. The SMILES string of the molecule is CC(CC(=N)N)N(C)c1nccc2c(Br)cccc12. The van der Waals surface area contributed by atoms with Crippen LogP contribution in [0.2, 0.25) is 0 Å². The smallest absolute Gasteiger partial charge is 0.136 e. The van der Waals surface area contributed by atoms with Gasteiger partial charge in [-0.25, -0.2) is 4.98 Å². The number of aromatic nitrogens is 1. The number of benzene rings is 1. The summed E-state index contributed by atoms with van der Waals surface area (Å²) in [7, 11) is 1.98. The first-order chi connectivity index (χ1) is 9.00. The predicted octanol–water partition coefficient (Wildman–Crippen LogP) is 3.15. The zero-order valence-corrected chi connectivity index (χ0v) is 12.6. The monoisotopic (exact) mass is 320 g/mol. The van der Waals surface area contributed by atoms with Crippen LogP contribution in [0.5, 0.6) is 0 Å². The first-order valence-corrected chi connectivity index (χ1v) is 6.89. The Balaban J connectivity index is 2.45. The molecule has 1 heterocycles. The van der Waals surface area contributed by atoms with E-state index in [1.165, 1.54) is 0 Å². The third kappa shape index (κ3) is 2.87. The van der Waals surface area contributed by atoms with Gasteiger partial charge in [0.05, 0.1) is 5.84 Å². The highest BCUT2D eigenvalue weighted by Crippen LogP contribution is 2.30. The van der Waals surface area contributed by atoms with Crippen LogP contribution in [0.4, 0.5) is 5.82 Å². The van der Waals surface area contributed by atoms with Crippen LogP contribution in [0.3, 0.4) is 0 Å². The van der Waals surface area contributed by atoms with Crippen LogP contribution in [-0.4, -0.2) is 23.9 Å². The second kappa shape index (κ2) is 5.57. The van der Waals surface area contributed by atoms with E-state index in [0.29, 0.717) is 6.42 Å². The lowest BCUT2D eigenvalue weighted by molar-refractivity contribution is 0.702. The Bertz CT molecular complexity index is 611. The predicted molar refractivity (Wildman–Crippen MR) is 83.8 cm³/mol. The third-order valence-electron chi connectivity index (χ3n) is 3.24. The fourth-order valence-corrected chi connectivity index (χ4v) is 2.60. The molecule has 0 aliphatic rings. The number of anilines is 1. The minimum atomic E-state index is 0.134. The molecule has 0 fully saturated rings. The zero-order valence-electron chi connectivity index (χ0n) is 11.0. The summed E-state index contributed by atoms with van der Waals surface area (Å²) in [6, 6.07) is 8.20. The molecule has 0 saturated heterocycles. The van der Waals surface area contributed by atoms with E-state index in [2.05, 4.69) is 31.9 Å². The number of amidine groups is 1. The normalized spacial score (nSPS) is 12.4. The highest BCUT2D eigenvalue weighted by Gasteiger charge is 2.15. The maximum absolute atomic E-state index is 7.40. The van der Waals surface area contributed by atoms with Crippen LogP contribution in [0.25, 0.3) is 10.8 Å². The van der Waals surface area contributed by atoms with Crippen molar-refractivity contribution in [1.29, 1.82) is 5.41 Å². The van der Waals surface area contributed by atoms with Crippen LogP contribution in [0, 0.1) is 5.41 Å². The van der Waals surface area contributed by atoms with Crippen molar-refractivity contribution in [3.8, 4) is 0 Å². The van der Waals surface area contributed by atoms with Crippen molar-refractivity contribution in [1.82, 2.24) is 4.98 Å². The van der Waals surface area contributed by atoms with Gasteiger partial charge in [0, 0.05) is 41.0 Å². The Morgan fingerprint density at radius 1 is 1.42 bits per heavy atom. The maximum Gasteiger partial charge on any atom is 0.136 e. The van der Waals surface area contributed by atoms with Crippen molar-refractivity contribution < 1.29 is 0 Å². The van der Waals surface area contributed by atoms with Gasteiger partial charge in [-0.05, 0) is 19.1 Å². The molecule has 0 radical (unpaired) electrons. The minimum Gasteiger partial charge on any atom is -0.388 e. The lowest BCUT2D eigenvalue weighted by Crippen LogP contribution is -2.33. The topological polar surface area (TPSA) is 66.0 Å². The molecule has 0 spiro atoms. The van der Waals surface area contributed by atoms with Gasteiger partial charge in [0.25, 0.3) is 0 Å². The van der Waals surface area contributed by atoms with E-state index >= 15 is 0 Å². The fraction of sp³-hybridized carbons (Fsp3) is 0.286. The van der Waals surface area contributed by atoms with Crippen molar-refractivity contribution >= 4 is 38.4 Å². The molecule has 0 saturated carbocycles. The summed E-state index contributed by atoms with van der Waals surface area (Å²) in [6.45, 7) is 2.04. The number of nitrogens with zero attached hydrogens (tertiary/aromatic N) is 2. The number of hydrogen-bond donors (Lipinski definition) is 2. The number of rotatable bonds is 4. The largest absolute Gasteiger partial charge is 0.388 e. The Morgan fingerprint density at radius 3 is 2.84 bits per heavy atom. The molecule has 1 unspecified atom stereocenters. The van der Waals surface area contributed by atoms with E-state index in [1.54, 1.807) is 6.20 Å². The summed E-state index contributed by atoms with van der Waals surface area (Å²) < 4.78 is 1.06. The van der Waals surface area contributed by atoms with Gasteiger partial charge < -0.3 is 10.6 Å². The van der Waals surface area contributed by atoms with Crippen LogP contribution in [0.15, 0.2) is 34.9 Å². The molecule has 1 aromatic carbocycles. The van der Waals surface area contributed by atoms with Gasteiger partial charge in [0.15, 0.2) is 0 Å². The lowest BCUT2D eigenvalue weighted by Gasteiger charge is -2.26. The summed E-state index contributed by atoms with van der Waals surface area (Å²) in [5, 5.41) is 9.63. The van der Waals surface area contributed by atoms with E-state index in [9.17, 15) is 0 Å². The molecule has 2 rings (SSSR count). The van der Waals surface area contributed by atoms with E-state index < -0.39 is 0 Å². The highest BCUT2D eigenvalue weighted by atomic mass is 79.9. The van der Waals surface area contributed by atoms with Crippen LogP contribution in [-0.2, 0) is 0 Å². The quantitative estimate of drug-likeness (QED) is 0.671. The number of hydrogen-bond acceptors (Lipinski definition) is 3. The lowest BCUT2D eigenvalue weighted by atomic mass is 10.1. The van der Waals surface area contributed by atoms with Gasteiger partial charge >= 0.3 is 0 Å². The number of nitrogens with one attached hydrogen (secondary N) is 1. The van der Waals surface area contributed by atoms with Gasteiger partial charge in [-0.1, -0.05) is 28.1 Å².